The molecule has 0 fully saturated rings. The number of halogens is 3. The van der Waals surface area contributed by atoms with Gasteiger partial charge in [0.1, 0.15) is 0 Å². The van der Waals surface area contributed by atoms with Crippen molar-refractivity contribution < 1.29 is 22.8 Å². The first kappa shape index (κ1) is 23.0. The van der Waals surface area contributed by atoms with Gasteiger partial charge in [0, 0.05) is 42.7 Å². The summed E-state index contributed by atoms with van der Waals surface area (Å²) in [6.45, 7) is -0.0381. The third-order valence-corrected chi connectivity index (χ3v) is 4.69. The van der Waals surface area contributed by atoms with Crippen molar-refractivity contribution in [2.75, 3.05) is 5.32 Å². The van der Waals surface area contributed by atoms with Crippen LogP contribution in [0.15, 0.2) is 73.1 Å². The number of anilines is 1. The average molecular weight is 442 g/mol. The fraction of sp³-hybridized carbons (Fsp3) is 0.174. The molecule has 6 nitrogen and oxygen atoms in total. The molecule has 0 spiro atoms. The van der Waals surface area contributed by atoms with E-state index in [0.717, 1.165) is 12.1 Å². The van der Waals surface area contributed by atoms with Gasteiger partial charge >= 0.3 is 6.18 Å². The van der Waals surface area contributed by atoms with Crippen LogP contribution in [-0.2, 0) is 17.5 Å². The number of benzene rings is 2. The van der Waals surface area contributed by atoms with Gasteiger partial charge in [-0.25, -0.2) is 0 Å². The van der Waals surface area contributed by atoms with Crippen molar-refractivity contribution in [3.05, 3.63) is 95.3 Å². The van der Waals surface area contributed by atoms with Crippen molar-refractivity contribution in [3.8, 4) is 0 Å². The zero-order valence-corrected chi connectivity index (χ0v) is 16.9. The van der Waals surface area contributed by atoms with Crippen LogP contribution in [0.4, 0.5) is 18.9 Å². The first-order valence-electron chi connectivity index (χ1n) is 9.72. The van der Waals surface area contributed by atoms with Crippen LogP contribution < -0.4 is 16.4 Å². The van der Waals surface area contributed by atoms with Crippen LogP contribution in [0, 0.1) is 0 Å². The Morgan fingerprint density at radius 3 is 2.34 bits per heavy atom. The Kier molecular flexibility index (Phi) is 7.21. The molecule has 1 aromatic heterocycles. The predicted octanol–water partition coefficient (Wildman–Crippen LogP) is 4.06. The highest BCUT2D eigenvalue weighted by molar-refractivity contribution is 6.04. The molecular formula is C23H21F3N4O2. The highest BCUT2D eigenvalue weighted by Gasteiger charge is 2.30. The molecular weight excluding hydrogens is 421 g/mol. The first-order chi connectivity index (χ1) is 15.2. The highest BCUT2D eigenvalue weighted by Crippen LogP contribution is 2.29. The number of rotatable bonds is 7. The van der Waals surface area contributed by atoms with Gasteiger partial charge in [0.25, 0.3) is 5.91 Å². The number of aromatic nitrogens is 1. The van der Waals surface area contributed by atoms with Crippen molar-refractivity contribution in [2.45, 2.75) is 25.2 Å². The van der Waals surface area contributed by atoms with Gasteiger partial charge in [-0.05, 0) is 47.5 Å². The number of pyridine rings is 1. The third kappa shape index (κ3) is 6.39. The van der Waals surface area contributed by atoms with Crippen molar-refractivity contribution >= 4 is 17.5 Å². The maximum absolute atomic E-state index is 12.8. The van der Waals surface area contributed by atoms with Crippen LogP contribution in [0.3, 0.4) is 0 Å². The van der Waals surface area contributed by atoms with Gasteiger partial charge in [-0.15, -0.1) is 0 Å². The van der Waals surface area contributed by atoms with Crippen molar-refractivity contribution in [1.29, 1.82) is 0 Å². The first-order valence-corrected chi connectivity index (χ1v) is 9.72. The number of amides is 2. The molecule has 2 aromatic carbocycles. The lowest BCUT2D eigenvalue weighted by Gasteiger charge is -2.14. The lowest BCUT2D eigenvalue weighted by molar-refractivity contribution is -0.137. The predicted molar refractivity (Wildman–Crippen MR) is 113 cm³/mol. The zero-order chi connectivity index (χ0) is 23.1. The van der Waals surface area contributed by atoms with E-state index < -0.39 is 23.7 Å². The number of carbonyl (C=O) groups is 2. The van der Waals surface area contributed by atoms with E-state index >= 15 is 0 Å². The Bertz CT molecular complexity index is 1070. The zero-order valence-electron chi connectivity index (χ0n) is 16.9. The normalized spacial score (nSPS) is 12.1. The number of nitrogens with one attached hydrogen (secondary N) is 2. The van der Waals surface area contributed by atoms with E-state index in [1.54, 1.807) is 48.8 Å². The van der Waals surface area contributed by atoms with Gasteiger partial charge in [0.2, 0.25) is 5.91 Å². The second-order valence-electron chi connectivity index (χ2n) is 7.10. The third-order valence-electron chi connectivity index (χ3n) is 4.69. The summed E-state index contributed by atoms with van der Waals surface area (Å²) >= 11 is 0. The van der Waals surface area contributed by atoms with E-state index in [-0.39, 0.29) is 18.9 Å². The standard InChI is InChI=1S/C23H21F3N4O2/c24-23(25,26)18-3-1-2-15(12-18)14-29-21(31)13-20(27)16-4-6-17(7-5-16)22(32)30-19-8-10-28-11-9-19/h1-12,20H,13-14,27H2,(H,29,31)(H,28,30,32). The van der Waals surface area contributed by atoms with Crippen LogP contribution in [0.25, 0.3) is 0 Å². The molecule has 0 aliphatic heterocycles. The summed E-state index contributed by atoms with van der Waals surface area (Å²) in [4.78, 5) is 28.3. The number of nitrogens with zero attached hydrogens (tertiary/aromatic N) is 1. The Morgan fingerprint density at radius 1 is 1.00 bits per heavy atom. The minimum Gasteiger partial charge on any atom is -0.352 e. The maximum atomic E-state index is 12.8. The second-order valence-corrected chi connectivity index (χ2v) is 7.10. The Balaban J connectivity index is 1.52. The summed E-state index contributed by atoms with van der Waals surface area (Å²) in [5, 5.41) is 5.32. The van der Waals surface area contributed by atoms with Gasteiger partial charge in [0.05, 0.1) is 5.56 Å². The van der Waals surface area contributed by atoms with E-state index in [1.165, 1.54) is 12.1 Å². The fourth-order valence-corrected chi connectivity index (χ4v) is 2.97. The molecule has 1 atom stereocenters. The van der Waals surface area contributed by atoms with Gasteiger partial charge < -0.3 is 16.4 Å². The number of carbonyl (C=O) groups excluding carboxylic acids is 2. The Morgan fingerprint density at radius 2 is 1.69 bits per heavy atom. The molecule has 0 bridgehead atoms. The Labute approximate surface area is 182 Å². The topological polar surface area (TPSA) is 97.1 Å². The smallest absolute Gasteiger partial charge is 0.352 e. The minimum absolute atomic E-state index is 0.0381. The number of alkyl halides is 3. The molecule has 3 aromatic rings. The molecule has 9 heteroatoms. The maximum Gasteiger partial charge on any atom is 0.416 e. The number of hydrogen-bond acceptors (Lipinski definition) is 4. The van der Waals surface area contributed by atoms with Crippen molar-refractivity contribution in [2.24, 2.45) is 5.73 Å². The van der Waals surface area contributed by atoms with Gasteiger partial charge in [-0.2, -0.15) is 13.2 Å². The van der Waals surface area contributed by atoms with Crippen LogP contribution in [-0.4, -0.2) is 16.8 Å². The lowest BCUT2D eigenvalue weighted by Crippen LogP contribution is -2.27. The van der Waals surface area contributed by atoms with Crippen LogP contribution in [0.2, 0.25) is 0 Å². The van der Waals surface area contributed by atoms with Gasteiger partial charge in [-0.3, -0.25) is 14.6 Å². The summed E-state index contributed by atoms with van der Waals surface area (Å²) in [7, 11) is 0. The van der Waals surface area contributed by atoms with E-state index in [1.807, 2.05) is 0 Å². The van der Waals surface area contributed by atoms with Crippen LogP contribution in [0.5, 0.6) is 0 Å². The highest BCUT2D eigenvalue weighted by atomic mass is 19.4. The molecule has 0 radical (unpaired) electrons. The quantitative estimate of drug-likeness (QED) is 0.514. The summed E-state index contributed by atoms with van der Waals surface area (Å²) < 4.78 is 38.3. The van der Waals surface area contributed by atoms with Crippen molar-refractivity contribution in [3.63, 3.8) is 0 Å². The van der Waals surface area contributed by atoms with E-state index in [0.29, 0.717) is 22.4 Å². The molecule has 1 unspecified atom stereocenters. The molecule has 0 saturated carbocycles. The number of nitrogens with two attached hydrogens (primary N) is 1. The van der Waals surface area contributed by atoms with E-state index in [2.05, 4.69) is 15.6 Å². The van der Waals surface area contributed by atoms with Crippen molar-refractivity contribution in [1.82, 2.24) is 10.3 Å². The number of hydrogen-bond donors (Lipinski definition) is 3. The molecule has 2 amide bonds. The van der Waals surface area contributed by atoms with Crippen LogP contribution in [0.1, 0.15) is 39.5 Å². The van der Waals surface area contributed by atoms with Crippen LogP contribution >= 0.6 is 0 Å². The van der Waals surface area contributed by atoms with Gasteiger partial charge in [-0.1, -0.05) is 24.3 Å². The molecule has 4 N–H and O–H groups in total. The molecule has 3 rings (SSSR count). The largest absolute Gasteiger partial charge is 0.416 e. The average Bonchev–Trinajstić information content (AvgIpc) is 2.78. The second kappa shape index (κ2) is 10.1. The molecule has 32 heavy (non-hydrogen) atoms. The minimum atomic E-state index is -4.44. The molecule has 1 heterocycles. The monoisotopic (exact) mass is 442 g/mol. The van der Waals surface area contributed by atoms with Gasteiger partial charge in [0.15, 0.2) is 0 Å². The van der Waals surface area contributed by atoms with E-state index in [9.17, 15) is 22.8 Å². The summed E-state index contributed by atoms with van der Waals surface area (Å²) in [6.07, 6.45) is -1.36. The SMILES string of the molecule is NC(CC(=O)NCc1cccc(C(F)(F)F)c1)c1ccc(C(=O)Nc2ccncc2)cc1. The molecule has 0 aliphatic rings. The summed E-state index contributed by atoms with van der Waals surface area (Å²) in [5.41, 5.74) is 7.34. The lowest BCUT2D eigenvalue weighted by atomic mass is 10.0. The molecule has 0 aliphatic carbocycles. The summed E-state index contributed by atoms with van der Waals surface area (Å²) in [6, 6.07) is 14.0. The fourth-order valence-electron chi connectivity index (χ4n) is 2.97. The Hall–Kier alpha value is -3.72. The molecule has 0 saturated heterocycles. The van der Waals surface area contributed by atoms with E-state index in [4.69, 9.17) is 5.73 Å². The summed E-state index contributed by atoms with van der Waals surface area (Å²) in [5.74, 6) is -0.690. The molecule has 166 valence electrons.